The number of aromatic nitrogens is 1. The van der Waals surface area contributed by atoms with Crippen LogP contribution in [0.4, 0.5) is 0 Å². The summed E-state index contributed by atoms with van der Waals surface area (Å²) in [4.78, 5) is 4.21. The zero-order valence-electron chi connectivity index (χ0n) is 9.64. The Morgan fingerprint density at radius 3 is 2.88 bits per heavy atom. The van der Waals surface area contributed by atoms with Crippen LogP contribution in [0.1, 0.15) is 11.1 Å². The quantitative estimate of drug-likeness (QED) is 0.868. The molecule has 0 aliphatic heterocycles. The van der Waals surface area contributed by atoms with Crippen LogP contribution in [0.2, 0.25) is 0 Å². The first-order valence-corrected chi connectivity index (χ1v) is 5.42. The van der Waals surface area contributed by atoms with Crippen LogP contribution in [-0.2, 0) is 6.54 Å². The zero-order valence-corrected chi connectivity index (χ0v) is 9.64. The minimum atomic E-state index is 0.668. The number of hydrogen-bond acceptors (Lipinski definition) is 3. The van der Waals surface area contributed by atoms with Gasteiger partial charge in [0.05, 0.1) is 11.6 Å². The molecule has 0 radical (unpaired) electrons. The van der Waals surface area contributed by atoms with Crippen LogP contribution >= 0.6 is 0 Å². The van der Waals surface area contributed by atoms with Crippen molar-refractivity contribution in [1.29, 1.82) is 5.26 Å². The van der Waals surface area contributed by atoms with Crippen LogP contribution in [0.3, 0.4) is 0 Å². The molecule has 0 aliphatic rings. The fraction of sp³-hybridized carbons (Fsp3) is 0.143. The number of pyridine rings is 1. The summed E-state index contributed by atoms with van der Waals surface area (Å²) in [7, 11) is 1.91. The minimum Gasteiger partial charge on any atom is -0.316 e. The lowest BCUT2D eigenvalue weighted by molar-refractivity contribution is 0.813. The molecular formula is C14H13N3. The van der Waals surface area contributed by atoms with Crippen LogP contribution in [0, 0.1) is 11.3 Å². The minimum absolute atomic E-state index is 0.668. The molecule has 0 unspecified atom stereocenters. The van der Waals surface area contributed by atoms with Gasteiger partial charge in [-0.05, 0) is 36.4 Å². The molecule has 3 nitrogen and oxygen atoms in total. The van der Waals surface area contributed by atoms with E-state index >= 15 is 0 Å². The van der Waals surface area contributed by atoms with Crippen molar-refractivity contribution in [1.82, 2.24) is 10.3 Å². The topological polar surface area (TPSA) is 48.7 Å². The fourth-order valence-corrected chi connectivity index (χ4v) is 1.71. The average Bonchev–Trinajstić information content (AvgIpc) is 2.40. The van der Waals surface area contributed by atoms with E-state index in [1.807, 2.05) is 37.6 Å². The molecule has 1 aromatic heterocycles. The van der Waals surface area contributed by atoms with Crippen molar-refractivity contribution >= 4 is 0 Å². The summed E-state index contributed by atoms with van der Waals surface area (Å²) in [5.74, 6) is 0. The van der Waals surface area contributed by atoms with Crippen molar-refractivity contribution in [2.24, 2.45) is 0 Å². The van der Waals surface area contributed by atoms with Crippen molar-refractivity contribution in [3.05, 3.63) is 53.9 Å². The first-order valence-electron chi connectivity index (χ1n) is 5.42. The fourth-order valence-electron chi connectivity index (χ4n) is 1.71. The molecular weight excluding hydrogens is 210 g/mol. The molecule has 0 atom stereocenters. The summed E-state index contributed by atoms with van der Waals surface area (Å²) >= 11 is 0. The molecule has 3 heteroatoms. The highest BCUT2D eigenvalue weighted by molar-refractivity contribution is 5.64. The lowest BCUT2D eigenvalue weighted by atomic mass is 10.0. The van der Waals surface area contributed by atoms with Crippen LogP contribution in [0.15, 0.2) is 42.7 Å². The number of nitriles is 1. The van der Waals surface area contributed by atoms with Gasteiger partial charge in [0.15, 0.2) is 0 Å². The van der Waals surface area contributed by atoms with E-state index in [4.69, 9.17) is 5.26 Å². The summed E-state index contributed by atoms with van der Waals surface area (Å²) < 4.78 is 0. The number of nitrogens with zero attached hydrogens (tertiary/aromatic N) is 2. The van der Waals surface area contributed by atoms with Gasteiger partial charge >= 0.3 is 0 Å². The third kappa shape index (κ3) is 2.68. The van der Waals surface area contributed by atoms with Gasteiger partial charge in [-0.1, -0.05) is 12.1 Å². The second-order valence-electron chi connectivity index (χ2n) is 3.80. The maximum absolute atomic E-state index is 8.87. The van der Waals surface area contributed by atoms with E-state index in [-0.39, 0.29) is 0 Å². The van der Waals surface area contributed by atoms with Crippen molar-refractivity contribution in [3.8, 4) is 17.2 Å². The Hall–Kier alpha value is -2.18. The summed E-state index contributed by atoms with van der Waals surface area (Å²) in [6.07, 6.45) is 3.66. The number of rotatable bonds is 3. The van der Waals surface area contributed by atoms with E-state index in [0.29, 0.717) is 5.56 Å². The molecule has 1 aromatic carbocycles. The highest BCUT2D eigenvalue weighted by Crippen LogP contribution is 2.20. The van der Waals surface area contributed by atoms with Gasteiger partial charge < -0.3 is 5.32 Å². The standard InChI is InChI=1S/C14H13N3/c1-16-8-12-6-14(10-17-9-12)13-4-2-3-11(5-13)7-15/h2-6,9-10,16H,8H2,1H3. The molecule has 0 amide bonds. The Bertz CT molecular complexity index is 555. The lowest BCUT2D eigenvalue weighted by Gasteiger charge is -2.04. The van der Waals surface area contributed by atoms with Gasteiger partial charge in [-0.3, -0.25) is 4.98 Å². The van der Waals surface area contributed by atoms with E-state index in [1.54, 1.807) is 6.07 Å². The lowest BCUT2D eigenvalue weighted by Crippen LogP contribution is -2.05. The maximum atomic E-state index is 8.87. The number of nitrogens with one attached hydrogen (secondary N) is 1. The Balaban J connectivity index is 2.39. The van der Waals surface area contributed by atoms with E-state index in [1.165, 1.54) is 0 Å². The van der Waals surface area contributed by atoms with Crippen LogP contribution in [0.25, 0.3) is 11.1 Å². The maximum Gasteiger partial charge on any atom is 0.0991 e. The molecule has 0 spiro atoms. The van der Waals surface area contributed by atoms with Crippen LogP contribution in [0.5, 0.6) is 0 Å². The number of benzene rings is 1. The molecule has 84 valence electrons. The highest BCUT2D eigenvalue weighted by Gasteiger charge is 2.01. The van der Waals surface area contributed by atoms with Crippen molar-refractivity contribution < 1.29 is 0 Å². The van der Waals surface area contributed by atoms with Gasteiger partial charge in [-0.2, -0.15) is 5.26 Å². The predicted octanol–water partition coefficient (Wildman–Crippen LogP) is 2.34. The van der Waals surface area contributed by atoms with Crippen molar-refractivity contribution in [3.63, 3.8) is 0 Å². The van der Waals surface area contributed by atoms with Crippen molar-refractivity contribution in [2.75, 3.05) is 7.05 Å². The largest absolute Gasteiger partial charge is 0.316 e. The van der Waals surface area contributed by atoms with Gasteiger partial charge in [0.1, 0.15) is 0 Å². The summed E-state index contributed by atoms with van der Waals surface area (Å²) in [5, 5.41) is 12.0. The predicted molar refractivity (Wildman–Crippen MR) is 67.2 cm³/mol. The highest BCUT2D eigenvalue weighted by atomic mass is 14.8. The first-order chi connectivity index (χ1) is 8.33. The second-order valence-corrected chi connectivity index (χ2v) is 3.80. The van der Waals surface area contributed by atoms with Crippen molar-refractivity contribution in [2.45, 2.75) is 6.54 Å². The molecule has 0 bridgehead atoms. The van der Waals surface area contributed by atoms with E-state index < -0.39 is 0 Å². The molecule has 2 rings (SSSR count). The van der Waals surface area contributed by atoms with E-state index in [9.17, 15) is 0 Å². The Morgan fingerprint density at radius 2 is 2.12 bits per heavy atom. The van der Waals surface area contributed by atoms with Gasteiger partial charge in [-0.25, -0.2) is 0 Å². The molecule has 0 saturated heterocycles. The summed E-state index contributed by atoms with van der Waals surface area (Å²) in [5.41, 5.74) is 3.86. The Morgan fingerprint density at radius 1 is 1.24 bits per heavy atom. The SMILES string of the molecule is CNCc1cncc(-c2cccc(C#N)c2)c1. The molecule has 0 aliphatic carbocycles. The van der Waals surface area contributed by atoms with Gasteiger partial charge in [-0.15, -0.1) is 0 Å². The summed E-state index contributed by atoms with van der Waals surface area (Å²) in [6, 6.07) is 11.8. The average molecular weight is 223 g/mol. The third-order valence-electron chi connectivity index (χ3n) is 2.50. The monoisotopic (exact) mass is 223 g/mol. The first kappa shape index (κ1) is 11.3. The van der Waals surface area contributed by atoms with Gasteiger partial charge in [0.2, 0.25) is 0 Å². The molecule has 0 saturated carbocycles. The normalized spacial score (nSPS) is 9.88. The molecule has 1 heterocycles. The molecule has 17 heavy (non-hydrogen) atoms. The van der Waals surface area contributed by atoms with E-state index in [0.717, 1.165) is 23.2 Å². The molecule has 2 aromatic rings. The third-order valence-corrected chi connectivity index (χ3v) is 2.50. The summed E-state index contributed by atoms with van der Waals surface area (Å²) in [6.45, 7) is 0.790. The number of hydrogen-bond donors (Lipinski definition) is 1. The Kier molecular flexibility index (Phi) is 3.49. The zero-order chi connectivity index (χ0) is 12.1. The molecule has 1 N–H and O–H groups in total. The van der Waals surface area contributed by atoms with Gasteiger partial charge in [0, 0.05) is 24.5 Å². The second kappa shape index (κ2) is 5.24. The van der Waals surface area contributed by atoms with Crippen LogP contribution in [-0.4, -0.2) is 12.0 Å². The Labute approximate surface area is 101 Å². The van der Waals surface area contributed by atoms with E-state index in [2.05, 4.69) is 22.4 Å². The van der Waals surface area contributed by atoms with Crippen LogP contribution < -0.4 is 5.32 Å². The smallest absolute Gasteiger partial charge is 0.0991 e. The molecule has 0 fully saturated rings. The van der Waals surface area contributed by atoms with Gasteiger partial charge in [0.25, 0.3) is 0 Å².